The monoisotopic (exact) mass is 323 g/mol. The van der Waals surface area contributed by atoms with Crippen molar-refractivity contribution in [2.75, 3.05) is 0 Å². The van der Waals surface area contributed by atoms with Crippen molar-refractivity contribution in [2.24, 2.45) is 5.73 Å². The number of hydrogen-bond donors (Lipinski definition) is 2. The molecule has 24 heavy (non-hydrogen) atoms. The van der Waals surface area contributed by atoms with E-state index in [4.69, 9.17) is 5.73 Å². The Morgan fingerprint density at radius 2 is 1.88 bits per heavy atom. The van der Waals surface area contributed by atoms with E-state index in [0.29, 0.717) is 29.4 Å². The first-order valence-corrected chi connectivity index (χ1v) is 7.68. The highest BCUT2D eigenvalue weighted by Gasteiger charge is 2.09. The van der Waals surface area contributed by atoms with E-state index in [1.807, 2.05) is 13.0 Å². The SMILES string of the molecule is CCCn1c(=O)[nH]c2cc(-c3cccc(C(N)=O)c3)ccc2c1=O. The van der Waals surface area contributed by atoms with Gasteiger partial charge in [0, 0.05) is 12.1 Å². The van der Waals surface area contributed by atoms with Crippen molar-refractivity contribution in [3.63, 3.8) is 0 Å². The lowest BCUT2D eigenvalue weighted by Gasteiger charge is -2.08. The summed E-state index contributed by atoms with van der Waals surface area (Å²) in [6.07, 6.45) is 0.701. The van der Waals surface area contributed by atoms with Crippen molar-refractivity contribution in [3.8, 4) is 11.1 Å². The van der Waals surface area contributed by atoms with E-state index in [2.05, 4.69) is 4.98 Å². The van der Waals surface area contributed by atoms with Gasteiger partial charge in [0.15, 0.2) is 0 Å². The number of carbonyl (C=O) groups excluding carboxylic acids is 1. The summed E-state index contributed by atoms with van der Waals surface area (Å²) in [6, 6.07) is 12.1. The summed E-state index contributed by atoms with van der Waals surface area (Å²) in [5.74, 6) is -0.506. The zero-order chi connectivity index (χ0) is 17.3. The van der Waals surface area contributed by atoms with Crippen LogP contribution in [0.5, 0.6) is 0 Å². The molecule has 0 fully saturated rings. The molecule has 6 nitrogen and oxygen atoms in total. The fourth-order valence-electron chi connectivity index (χ4n) is 2.71. The van der Waals surface area contributed by atoms with Crippen LogP contribution in [0.4, 0.5) is 0 Å². The van der Waals surface area contributed by atoms with Crippen molar-refractivity contribution >= 4 is 16.8 Å². The average Bonchev–Trinajstić information content (AvgIpc) is 2.58. The zero-order valence-corrected chi connectivity index (χ0v) is 13.2. The molecular formula is C18H17N3O3. The Balaban J connectivity index is 2.18. The molecule has 122 valence electrons. The molecule has 3 aromatic rings. The smallest absolute Gasteiger partial charge is 0.328 e. The summed E-state index contributed by atoms with van der Waals surface area (Å²) in [5.41, 5.74) is 7.03. The van der Waals surface area contributed by atoms with Crippen LogP contribution < -0.4 is 17.0 Å². The van der Waals surface area contributed by atoms with Gasteiger partial charge in [0.2, 0.25) is 5.91 Å². The number of H-pyrrole nitrogens is 1. The van der Waals surface area contributed by atoms with Crippen LogP contribution in [0.1, 0.15) is 23.7 Å². The molecular weight excluding hydrogens is 306 g/mol. The normalized spacial score (nSPS) is 10.9. The second kappa shape index (κ2) is 6.16. The van der Waals surface area contributed by atoms with Crippen LogP contribution in [0.2, 0.25) is 0 Å². The Bertz CT molecular complexity index is 1050. The lowest BCUT2D eigenvalue weighted by Crippen LogP contribution is -2.34. The second-order valence-corrected chi connectivity index (χ2v) is 5.59. The summed E-state index contributed by atoms with van der Waals surface area (Å²) >= 11 is 0. The molecule has 3 rings (SSSR count). The first-order chi connectivity index (χ1) is 11.5. The largest absolute Gasteiger partial charge is 0.366 e. The Morgan fingerprint density at radius 1 is 1.12 bits per heavy atom. The first-order valence-electron chi connectivity index (χ1n) is 7.68. The number of nitrogens with one attached hydrogen (secondary N) is 1. The third kappa shape index (κ3) is 2.74. The van der Waals surface area contributed by atoms with Crippen molar-refractivity contribution in [3.05, 3.63) is 68.9 Å². The van der Waals surface area contributed by atoms with Crippen molar-refractivity contribution < 1.29 is 4.79 Å². The van der Waals surface area contributed by atoms with E-state index in [-0.39, 0.29) is 5.56 Å². The van der Waals surface area contributed by atoms with Gasteiger partial charge in [-0.25, -0.2) is 4.79 Å². The molecule has 2 aromatic carbocycles. The summed E-state index contributed by atoms with van der Waals surface area (Å²) in [6.45, 7) is 2.29. The highest BCUT2D eigenvalue weighted by molar-refractivity contribution is 5.94. The van der Waals surface area contributed by atoms with Crippen LogP contribution in [0.25, 0.3) is 22.0 Å². The minimum Gasteiger partial charge on any atom is -0.366 e. The Morgan fingerprint density at radius 3 is 2.58 bits per heavy atom. The molecule has 0 saturated heterocycles. The van der Waals surface area contributed by atoms with E-state index in [1.165, 1.54) is 4.57 Å². The number of aromatic nitrogens is 2. The molecule has 0 unspecified atom stereocenters. The van der Waals surface area contributed by atoms with Crippen LogP contribution in [-0.4, -0.2) is 15.5 Å². The number of aromatic amines is 1. The van der Waals surface area contributed by atoms with Crippen LogP contribution >= 0.6 is 0 Å². The number of rotatable bonds is 4. The number of amides is 1. The number of hydrogen-bond acceptors (Lipinski definition) is 3. The molecule has 1 amide bonds. The van der Waals surface area contributed by atoms with Gasteiger partial charge in [-0.05, 0) is 41.8 Å². The highest BCUT2D eigenvalue weighted by atomic mass is 16.2. The van der Waals surface area contributed by atoms with Gasteiger partial charge in [-0.3, -0.25) is 14.2 Å². The van der Waals surface area contributed by atoms with E-state index >= 15 is 0 Å². The van der Waals surface area contributed by atoms with Gasteiger partial charge in [-0.1, -0.05) is 25.1 Å². The Hall–Kier alpha value is -3.15. The fraction of sp³-hybridized carbons (Fsp3) is 0.167. The van der Waals surface area contributed by atoms with Crippen LogP contribution in [0.15, 0.2) is 52.1 Å². The van der Waals surface area contributed by atoms with Gasteiger partial charge < -0.3 is 10.7 Å². The number of primary amides is 1. The van der Waals surface area contributed by atoms with Gasteiger partial charge in [0.1, 0.15) is 0 Å². The van der Waals surface area contributed by atoms with Gasteiger partial charge in [-0.2, -0.15) is 0 Å². The minimum absolute atomic E-state index is 0.298. The van der Waals surface area contributed by atoms with Gasteiger partial charge in [-0.15, -0.1) is 0 Å². The molecule has 0 atom stereocenters. The predicted octanol–water partition coefficient (Wildman–Crippen LogP) is 1.87. The third-order valence-electron chi connectivity index (χ3n) is 3.91. The maximum atomic E-state index is 12.4. The Labute approximate surface area is 137 Å². The van der Waals surface area contributed by atoms with Gasteiger partial charge >= 0.3 is 5.69 Å². The molecule has 0 radical (unpaired) electrons. The van der Waals surface area contributed by atoms with Gasteiger partial charge in [0.25, 0.3) is 5.56 Å². The molecule has 0 aliphatic heterocycles. The maximum absolute atomic E-state index is 12.4. The lowest BCUT2D eigenvalue weighted by atomic mass is 10.0. The standard InChI is InChI=1S/C18H17N3O3/c1-2-8-21-17(23)14-7-6-12(10-15(14)20-18(21)24)11-4-3-5-13(9-11)16(19)22/h3-7,9-10H,2,8H2,1H3,(H2,19,22)(H,20,24). The molecule has 0 aliphatic rings. The minimum atomic E-state index is -0.506. The second-order valence-electron chi connectivity index (χ2n) is 5.59. The zero-order valence-electron chi connectivity index (χ0n) is 13.2. The summed E-state index contributed by atoms with van der Waals surface area (Å²) in [5, 5.41) is 0.456. The van der Waals surface area contributed by atoms with E-state index in [9.17, 15) is 14.4 Å². The molecule has 0 bridgehead atoms. The van der Waals surface area contributed by atoms with E-state index in [0.717, 1.165) is 11.1 Å². The molecule has 6 heteroatoms. The summed E-state index contributed by atoms with van der Waals surface area (Å²) < 4.78 is 1.20. The molecule has 1 aromatic heterocycles. The molecule has 0 spiro atoms. The fourth-order valence-corrected chi connectivity index (χ4v) is 2.71. The van der Waals surface area contributed by atoms with Crippen LogP contribution in [0, 0.1) is 0 Å². The number of carbonyl (C=O) groups is 1. The third-order valence-corrected chi connectivity index (χ3v) is 3.91. The number of nitrogens with zero attached hydrogens (tertiary/aromatic N) is 1. The molecule has 0 saturated carbocycles. The predicted molar refractivity (Wildman–Crippen MR) is 93.1 cm³/mol. The van der Waals surface area contributed by atoms with E-state index < -0.39 is 11.6 Å². The Kier molecular flexibility index (Phi) is 4.04. The number of fused-ring (bicyclic) bond motifs is 1. The number of benzene rings is 2. The van der Waals surface area contributed by atoms with E-state index in [1.54, 1.807) is 36.4 Å². The highest BCUT2D eigenvalue weighted by Crippen LogP contribution is 2.22. The van der Waals surface area contributed by atoms with Crippen LogP contribution in [0.3, 0.4) is 0 Å². The first kappa shape index (κ1) is 15.7. The van der Waals surface area contributed by atoms with Gasteiger partial charge in [0.05, 0.1) is 10.9 Å². The van der Waals surface area contributed by atoms with Crippen LogP contribution in [-0.2, 0) is 6.54 Å². The number of nitrogens with two attached hydrogens (primary N) is 1. The summed E-state index contributed by atoms with van der Waals surface area (Å²) in [7, 11) is 0. The van der Waals surface area contributed by atoms with Crippen molar-refractivity contribution in [1.29, 1.82) is 0 Å². The van der Waals surface area contributed by atoms with Crippen molar-refractivity contribution in [2.45, 2.75) is 19.9 Å². The average molecular weight is 323 g/mol. The molecule has 3 N–H and O–H groups in total. The molecule has 0 aliphatic carbocycles. The summed E-state index contributed by atoms with van der Waals surface area (Å²) in [4.78, 5) is 38.6. The topological polar surface area (TPSA) is 97.9 Å². The maximum Gasteiger partial charge on any atom is 0.328 e. The lowest BCUT2D eigenvalue weighted by molar-refractivity contribution is 0.100. The molecule has 1 heterocycles. The van der Waals surface area contributed by atoms with Crippen molar-refractivity contribution in [1.82, 2.24) is 9.55 Å². The quantitative estimate of drug-likeness (QED) is 0.767.